The van der Waals surface area contributed by atoms with Crippen molar-refractivity contribution in [2.24, 2.45) is 0 Å². The lowest BCUT2D eigenvalue weighted by atomic mass is 10.1. The van der Waals surface area contributed by atoms with Crippen molar-refractivity contribution in [1.82, 2.24) is 5.43 Å². The highest BCUT2D eigenvalue weighted by atomic mass is 127. The van der Waals surface area contributed by atoms with Crippen molar-refractivity contribution in [1.29, 1.82) is 0 Å². The third-order valence-corrected chi connectivity index (χ3v) is 5.58. The molecule has 1 saturated heterocycles. The number of carboxylic acids is 1. The van der Waals surface area contributed by atoms with Crippen LogP contribution in [0.4, 0.5) is 5.69 Å². The molecular formula is C24H17IN2O5. The number of nitrogens with one attached hydrogen (secondary N) is 1. The van der Waals surface area contributed by atoms with Crippen LogP contribution >= 0.6 is 22.6 Å². The summed E-state index contributed by atoms with van der Waals surface area (Å²) in [4.78, 5) is 36.2. The normalized spacial score (nSPS) is 14.5. The lowest BCUT2D eigenvalue weighted by Gasteiger charge is -2.13. The number of aromatic carboxylic acids is 1. The first-order chi connectivity index (χ1) is 15.4. The Balaban J connectivity index is 1.49. The van der Waals surface area contributed by atoms with Gasteiger partial charge in [0, 0.05) is 0 Å². The van der Waals surface area contributed by atoms with E-state index in [0.29, 0.717) is 17.0 Å². The Morgan fingerprint density at radius 1 is 1.03 bits per heavy atom. The summed E-state index contributed by atoms with van der Waals surface area (Å²) in [5.41, 5.74) is 4.82. The Kier molecular flexibility index (Phi) is 6.22. The van der Waals surface area contributed by atoms with Gasteiger partial charge in [-0.25, -0.2) is 9.80 Å². The minimum atomic E-state index is -0.991. The Labute approximate surface area is 197 Å². The van der Waals surface area contributed by atoms with Crippen LogP contribution in [0.15, 0.2) is 78.4 Å². The molecule has 8 heteroatoms. The molecule has 3 aromatic carbocycles. The fourth-order valence-electron chi connectivity index (χ4n) is 3.16. The number of hydrazine groups is 1. The standard InChI is InChI=1S/C24H17IN2O5/c25-20-13-15(9-10-21(20)32-14-16-5-4-6-17(11-16)24(30)31)12-19-22(28)26-27(23(19)29)18-7-2-1-3-8-18/h1-13H,14H2,(H,26,28)(H,30,31)/b19-12-. The summed E-state index contributed by atoms with van der Waals surface area (Å²) in [6.45, 7) is 0.213. The number of carbonyl (C=O) groups is 3. The lowest BCUT2D eigenvalue weighted by Crippen LogP contribution is -2.35. The fourth-order valence-corrected chi connectivity index (χ4v) is 3.86. The van der Waals surface area contributed by atoms with Crippen molar-refractivity contribution in [3.8, 4) is 5.75 Å². The van der Waals surface area contributed by atoms with Crippen LogP contribution in [0.5, 0.6) is 5.75 Å². The van der Waals surface area contributed by atoms with Gasteiger partial charge in [0.05, 0.1) is 14.8 Å². The summed E-state index contributed by atoms with van der Waals surface area (Å²) < 4.78 is 6.61. The average molecular weight is 540 g/mol. The van der Waals surface area contributed by atoms with Crippen LogP contribution in [0.25, 0.3) is 6.08 Å². The molecule has 1 fully saturated rings. The highest BCUT2D eigenvalue weighted by Crippen LogP contribution is 2.26. The molecule has 2 N–H and O–H groups in total. The maximum atomic E-state index is 12.7. The van der Waals surface area contributed by atoms with Crippen molar-refractivity contribution in [2.75, 3.05) is 5.01 Å². The van der Waals surface area contributed by atoms with Gasteiger partial charge in [-0.05, 0) is 76.2 Å². The molecule has 7 nitrogen and oxygen atoms in total. The molecule has 4 rings (SSSR count). The zero-order valence-electron chi connectivity index (χ0n) is 16.6. The topological polar surface area (TPSA) is 95.9 Å². The minimum absolute atomic E-state index is 0.0452. The van der Waals surface area contributed by atoms with E-state index in [-0.39, 0.29) is 17.7 Å². The van der Waals surface area contributed by atoms with Crippen LogP contribution in [0, 0.1) is 3.57 Å². The number of benzene rings is 3. The van der Waals surface area contributed by atoms with Gasteiger partial charge >= 0.3 is 5.97 Å². The number of hydrogen-bond donors (Lipinski definition) is 2. The molecular weight excluding hydrogens is 523 g/mol. The molecule has 1 aliphatic rings. The van der Waals surface area contributed by atoms with Crippen molar-refractivity contribution in [3.63, 3.8) is 0 Å². The molecule has 0 atom stereocenters. The summed E-state index contributed by atoms with van der Waals surface area (Å²) in [6, 6.07) is 20.8. The predicted octanol–water partition coefficient (Wildman–Crippen LogP) is 4.03. The van der Waals surface area contributed by atoms with Crippen molar-refractivity contribution in [3.05, 3.63) is 98.6 Å². The molecule has 1 heterocycles. The van der Waals surface area contributed by atoms with Crippen LogP contribution in [0.3, 0.4) is 0 Å². The zero-order valence-corrected chi connectivity index (χ0v) is 18.8. The Bertz CT molecular complexity index is 1240. The minimum Gasteiger partial charge on any atom is -0.488 e. The zero-order chi connectivity index (χ0) is 22.7. The third kappa shape index (κ3) is 4.65. The monoisotopic (exact) mass is 540 g/mol. The predicted molar refractivity (Wildman–Crippen MR) is 127 cm³/mol. The number of hydrogen-bond acceptors (Lipinski definition) is 4. The first-order valence-electron chi connectivity index (χ1n) is 9.59. The van der Waals surface area contributed by atoms with Crippen molar-refractivity contribution in [2.45, 2.75) is 6.61 Å². The van der Waals surface area contributed by atoms with E-state index in [0.717, 1.165) is 9.13 Å². The number of amides is 2. The van der Waals surface area contributed by atoms with Gasteiger partial charge in [0.1, 0.15) is 17.9 Å². The highest BCUT2D eigenvalue weighted by molar-refractivity contribution is 14.1. The fraction of sp³-hybridized carbons (Fsp3) is 0.0417. The molecule has 0 aliphatic carbocycles. The Morgan fingerprint density at radius 2 is 1.81 bits per heavy atom. The number of rotatable bonds is 6. The van der Waals surface area contributed by atoms with Gasteiger partial charge < -0.3 is 9.84 Å². The number of ether oxygens (including phenoxy) is 1. The van der Waals surface area contributed by atoms with Gasteiger partial charge in [-0.15, -0.1) is 0 Å². The van der Waals surface area contributed by atoms with Crippen LogP contribution < -0.4 is 15.2 Å². The van der Waals surface area contributed by atoms with E-state index in [1.807, 2.05) is 12.1 Å². The van der Waals surface area contributed by atoms with Gasteiger partial charge in [-0.2, -0.15) is 0 Å². The maximum Gasteiger partial charge on any atom is 0.335 e. The van der Waals surface area contributed by atoms with E-state index in [1.54, 1.807) is 60.7 Å². The maximum absolute atomic E-state index is 12.7. The van der Waals surface area contributed by atoms with Crippen LogP contribution in [-0.4, -0.2) is 22.9 Å². The van der Waals surface area contributed by atoms with E-state index in [2.05, 4.69) is 28.0 Å². The van der Waals surface area contributed by atoms with E-state index in [1.165, 1.54) is 11.1 Å². The smallest absolute Gasteiger partial charge is 0.335 e. The number of halogens is 1. The summed E-state index contributed by atoms with van der Waals surface area (Å²) >= 11 is 2.11. The summed E-state index contributed by atoms with van der Waals surface area (Å²) in [7, 11) is 0. The third-order valence-electron chi connectivity index (χ3n) is 4.74. The van der Waals surface area contributed by atoms with Gasteiger partial charge in [-0.3, -0.25) is 15.0 Å². The van der Waals surface area contributed by atoms with Crippen LogP contribution in [0.2, 0.25) is 0 Å². The summed E-state index contributed by atoms with van der Waals surface area (Å²) in [5.74, 6) is -1.26. The van der Waals surface area contributed by atoms with E-state index in [9.17, 15) is 14.4 Å². The second kappa shape index (κ2) is 9.23. The van der Waals surface area contributed by atoms with E-state index >= 15 is 0 Å². The Morgan fingerprint density at radius 3 is 2.53 bits per heavy atom. The second-order valence-electron chi connectivity index (χ2n) is 6.96. The molecule has 32 heavy (non-hydrogen) atoms. The molecule has 0 spiro atoms. The molecule has 0 saturated carbocycles. The van der Waals surface area contributed by atoms with Crippen molar-refractivity contribution < 1.29 is 24.2 Å². The van der Waals surface area contributed by atoms with Crippen molar-refractivity contribution >= 4 is 52.1 Å². The highest BCUT2D eigenvalue weighted by Gasteiger charge is 2.34. The number of nitrogens with zero attached hydrogens (tertiary/aromatic N) is 1. The quantitative estimate of drug-likeness (QED) is 0.280. The summed E-state index contributed by atoms with van der Waals surface area (Å²) in [5, 5.41) is 10.3. The van der Waals surface area contributed by atoms with Gasteiger partial charge in [0.2, 0.25) is 0 Å². The van der Waals surface area contributed by atoms with E-state index in [4.69, 9.17) is 9.84 Å². The van der Waals surface area contributed by atoms with Gasteiger partial charge in [0.15, 0.2) is 0 Å². The average Bonchev–Trinajstić information content (AvgIpc) is 3.07. The molecule has 1 aliphatic heterocycles. The molecule has 3 aromatic rings. The molecule has 2 amide bonds. The molecule has 0 aromatic heterocycles. The lowest BCUT2D eigenvalue weighted by molar-refractivity contribution is -0.117. The number of para-hydroxylation sites is 1. The first-order valence-corrected chi connectivity index (χ1v) is 10.7. The Hall–Kier alpha value is -3.66. The molecule has 0 bridgehead atoms. The largest absolute Gasteiger partial charge is 0.488 e. The van der Waals surface area contributed by atoms with Crippen LogP contribution in [-0.2, 0) is 16.2 Å². The molecule has 160 valence electrons. The van der Waals surface area contributed by atoms with E-state index < -0.39 is 17.8 Å². The van der Waals surface area contributed by atoms with Gasteiger partial charge in [0.25, 0.3) is 11.8 Å². The summed E-state index contributed by atoms with van der Waals surface area (Å²) in [6.07, 6.45) is 1.54. The van der Waals surface area contributed by atoms with Gasteiger partial charge in [-0.1, -0.05) is 36.4 Å². The number of anilines is 1. The number of carbonyl (C=O) groups excluding carboxylic acids is 2. The number of carboxylic acid groups (broad SMARTS) is 1. The van der Waals surface area contributed by atoms with Crippen LogP contribution in [0.1, 0.15) is 21.5 Å². The first kappa shape index (κ1) is 21.6. The SMILES string of the molecule is O=C1NN(c2ccccc2)C(=O)/C1=C\c1ccc(OCc2cccc(C(=O)O)c2)c(I)c1. The second-order valence-corrected chi connectivity index (χ2v) is 8.12. The molecule has 0 unspecified atom stereocenters. The molecule has 0 radical (unpaired) electrons.